The quantitative estimate of drug-likeness (QED) is 0.489. The van der Waals surface area contributed by atoms with Crippen molar-refractivity contribution in [3.63, 3.8) is 0 Å². The molecule has 1 amide bonds. The van der Waals surface area contributed by atoms with E-state index >= 15 is 0 Å². The molecule has 0 saturated carbocycles. The highest BCUT2D eigenvalue weighted by Crippen LogP contribution is 2.12. The van der Waals surface area contributed by atoms with E-state index in [1.165, 1.54) is 12.4 Å². The number of esters is 1. The first-order chi connectivity index (χ1) is 12.3. The van der Waals surface area contributed by atoms with Crippen molar-refractivity contribution in [2.45, 2.75) is 26.4 Å². The predicted octanol–water partition coefficient (Wildman–Crippen LogP) is 2.57. The van der Waals surface area contributed by atoms with Gasteiger partial charge >= 0.3 is 5.97 Å². The highest BCUT2D eigenvalue weighted by Gasteiger charge is 2.16. The number of hydrazone groups is 1. The molecule has 0 aliphatic heterocycles. The minimum absolute atomic E-state index is 0.161. The van der Waals surface area contributed by atoms with E-state index in [0.29, 0.717) is 11.3 Å². The van der Waals surface area contributed by atoms with Gasteiger partial charge in [0.05, 0.1) is 11.8 Å². The van der Waals surface area contributed by atoms with Gasteiger partial charge in [-0.25, -0.2) is 10.2 Å². The molecule has 1 aromatic carbocycles. The summed E-state index contributed by atoms with van der Waals surface area (Å²) in [5, 5.41) is 3.89. The van der Waals surface area contributed by atoms with Crippen molar-refractivity contribution in [2.24, 2.45) is 5.10 Å². The summed E-state index contributed by atoms with van der Waals surface area (Å²) < 4.78 is 10.5. The zero-order chi connectivity index (χ0) is 19.0. The van der Waals surface area contributed by atoms with Gasteiger partial charge in [0, 0.05) is 12.4 Å². The SMILES string of the molecule is CC(C)(C)OC(=O)COc1ccc(C=NNC(=O)c2cccnc2)cc1. The van der Waals surface area contributed by atoms with Crippen LogP contribution >= 0.6 is 0 Å². The second kappa shape index (κ2) is 8.75. The Morgan fingerprint density at radius 1 is 1.19 bits per heavy atom. The Balaban J connectivity index is 1.81. The van der Waals surface area contributed by atoms with E-state index in [-0.39, 0.29) is 12.5 Å². The topological polar surface area (TPSA) is 89.9 Å². The standard InChI is InChI=1S/C19H21N3O4/c1-19(2,3)26-17(23)13-25-16-8-6-14(7-9-16)11-21-22-18(24)15-5-4-10-20-12-15/h4-12H,13H2,1-3H3,(H,22,24). The predicted molar refractivity (Wildman–Crippen MR) is 97.1 cm³/mol. The molecule has 0 aliphatic carbocycles. The number of hydrogen-bond donors (Lipinski definition) is 1. The number of nitrogens with zero attached hydrogens (tertiary/aromatic N) is 2. The molecule has 136 valence electrons. The second-order valence-electron chi connectivity index (χ2n) is 6.38. The Bertz CT molecular complexity index is 766. The van der Waals surface area contributed by atoms with E-state index < -0.39 is 11.6 Å². The molecular weight excluding hydrogens is 334 g/mol. The molecule has 0 bridgehead atoms. The van der Waals surface area contributed by atoms with Gasteiger partial charge in [-0.05, 0) is 62.7 Å². The number of hydrogen-bond acceptors (Lipinski definition) is 6. The number of rotatable bonds is 6. The lowest BCUT2D eigenvalue weighted by Crippen LogP contribution is -2.27. The first-order valence-corrected chi connectivity index (χ1v) is 8.02. The van der Waals surface area contributed by atoms with Gasteiger partial charge in [0.1, 0.15) is 11.4 Å². The lowest BCUT2D eigenvalue weighted by Gasteiger charge is -2.19. The summed E-state index contributed by atoms with van der Waals surface area (Å²) in [6.45, 7) is 5.23. The molecule has 1 heterocycles. The fraction of sp³-hybridized carbons (Fsp3) is 0.263. The van der Waals surface area contributed by atoms with Crippen LogP contribution in [-0.2, 0) is 9.53 Å². The molecule has 2 rings (SSSR count). The van der Waals surface area contributed by atoms with Crippen molar-refractivity contribution < 1.29 is 19.1 Å². The maximum Gasteiger partial charge on any atom is 0.344 e. The van der Waals surface area contributed by atoms with E-state index in [1.54, 1.807) is 63.4 Å². The van der Waals surface area contributed by atoms with Gasteiger partial charge in [-0.15, -0.1) is 0 Å². The van der Waals surface area contributed by atoms with Gasteiger partial charge in [-0.2, -0.15) is 5.10 Å². The van der Waals surface area contributed by atoms with Crippen LogP contribution < -0.4 is 10.2 Å². The summed E-state index contributed by atoms with van der Waals surface area (Å²) in [7, 11) is 0. The van der Waals surface area contributed by atoms with Gasteiger partial charge in [0.15, 0.2) is 6.61 Å². The average Bonchev–Trinajstić information content (AvgIpc) is 2.60. The summed E-state index contributed by atoms with van der Waals surface area (Å²) in [5.74, 6) is -0.236. The fourth-order valence-electron chi connectivity index (χ4n) is 1.89. The Hall–Kier alpha value is -3.22. The van der Waals surface area contributed by atoms with Crippen molar-refractivity contribution >= 4 is 18.1 Å². The molecular formula is C19H21N3O4. The van der Waals surface area contributed by atoms with Crippen LogP contribution in [0.2, 0.25) is 0 Å². The van der Waals surface area contributed by atoms with Crippen LogP contribution in [0.1, 0.15) is 36.7 Å². The van der Waals surface area contributed by atoms with E-state index in [9.17, 15) is 9.59 Å². The summed E-state index contributed by atoms with van der Waals surface area (Å²) in [6.07, 6.45) is 4.56. The number of carbonyl (C=O) groups excluding carboxylic acids is 2. The van der Waals surface area contributed by atoms with E-state index in [4.69, 9.17) is 9.47 Å². The number of amides is 1. The maximum absolute atomic E-state index is 11.8. The average molecular weight is 355 g/mol. The number of ether oxygens (including phenoxy) is 2. The van der Waals surface area contributed by atoms with Crippen molar-refractivity contribution in [2.75, 3.05) is 6.61 Å². The molecule has 1 aromatic heterocycles. The summed E-state index contributed by atoms with van der Waals surface area (Å²) in [6, 6.07) is 10.2. The zero-order valence-electron chi connectivity index (χ0n) is 14.9. The van der Waals surface area contributed by atoms with Gasteiger partial charge in [0.25, 0.3) is 5.91 Å². The van der Waals surface area contributed by atoms with E-state index in [0.717, 1.165) is 5.56 Å². The van der Waals surface area contributed by atoms with Gasteiger partial charge < -0.3 is 9.47 Å². The van der Waals surface area contributed by atoms with E-state index in [2.05, 4.69) is 15.5 Å². The first-order valence-electron chi connectivity index (χ1n) is 8.02. The summed E-state index contributed by atoms with van der Waals surface area (Å²) in [4.78, 5) is 27.3. The molecule has 0 spiro atoms. The molecule has 0 radical (unpaired) electrons. The van der Waals surface area contributed by atoms with Crippen molar-refractivity contribution in [1.82, 2.24) is 10.4 Å². The minimum atomic E-state index is -0.541. The molecule has 0 atom stereocenters. The molecule has 7 heteroatoms. The Morgan fingerprint density at radius 2 is 1.92 bits per heavy atom. The zero-order valence-corrected chi connectivity index (χ0v) is 14.9. The molecule has 0 unspecified atom stereocenters. The Kier molecular flexibility index (Phi) is 6.43. The second-order valence-corrected chi connectivity index (χ2v) is 6.38. The Labute approximate surface area is 152 Å². The van der Waals surface area contributed by atoms with Crippen LogP contribution in [-0.4, -0.2) is 35.3 Å². The number of pyridine rings is 1. The van der Waals surface area contributed by atoms with Crippen molar-refractivity contribution in [1.29, 1.82) is 0 Å². The van der Waals surface area contributed by atoms with Gasteiger partial charge in [0.2, 0.25) is 0 Å². The number of nitrogens with one attached hydrogen (secondary N) is 1. The smallest absolute Gasteiger partial charge is 0.344 e. The lowest BCUT2D eigenvalue weighted by atomic mass is 10.2. The fourth-order valence-corrected chi connectivity index (χ4v) is 1.89. The van der Waals surface area contributed by atoms with Crippen LogP contribution in [0, 0.1) is 0 Å². The summed E-state index contributed by atoms with van der Waals surface area (Å²) >= 11 is 0. The minimum Gasteiger partial charge on any atom is -0.482 e. The van der Waals surface area contributed by atoms with Gasteiger partial charge in [-0.3, -0.25) is 9.78 Å². The highest BCUT2D eigenvalue weighted by molar-refractivity contribution is 5.94. The number of carbonyl (C=O) groups is 2. The maximum atomic E-state index is 11.8. The first kappa shape index (κ1) is 19.1. The third-order valence-electron chi connectivity index (χ3n) is 2.96. The molecule has 26 heavy (non-hydrogen) atoms. The van der Waals surface area contributed by atoms with Crippen molar-refractivity contribution in [3.8, 4) is 5.75 Å². The monoisotopic (exact) mass is 355 g/mol. The molecule has 1 N–H and O–H groups in total. The molecule has 2 aromatic rings. The molecule has 0 aliphatic rings. The number of benzene rings is 1. The Morgan fingerprint density at radius 3 is 2.54 bits per heavy atom. The molecule has 7 nitrogen and oxygen atoms in total. The van der Waals surface area contributed by atoms with Crippen LogP contribution in [0.3, 0.4) is 0 Å². The van der Waals surface area contributed by atoms with E-state index in [1.807, 2.05) is 0 Å². The van der Waals surface area contributed by atoms with Crippen LogP contribution in [0.5, 0.6) is 5.75 Å². The molecule has 0 saturated heterocycles. The third-order valence-corrected chi connectivity index (χ3v) is 2.96. The highest BCUT2D eigenvalue weighted by atomic mass is 16.6. The van der Waals surface area contributed by atoms with Gasteiger partial charge in [-0.1, -0.05) is 0 Å². The normalized spacial score (nSPS) is 11.2. The van der Waals surface area contributed by atoms with Crippen LogP contribution in [0.15, 0.2) is 53.9 Å². The van der Waals surface area contributed by atoms with Crippen LogP contribution in [0.25, 0.3) is 0 Å². The third kappa shape index (κ3) is 6.72. The lowest BCUT2D eigenvalue weighted by molar-refractivity contribution is -0.157. The molecule has 0 fully saturated rings. The van der Waals surface area contributed by atoms with Crippen LogP contribution in [0.4, 0.5) is 0 Å². The van der Waals surface area contributed by atoms with Crippen molar-refractivity contribution in [3.05, 3.63) is 59.9 Å². The largest absolute Gasteiger partial charge is 0.482 e. The number of aromatic nitrogens is 1. The summed E-state index contributed by atoms with van der Waals surface area (Å²) in [5.41, 5.74) is 3.07.